The first-order chi connectivity index (χ1) is 16.5. The molecule has 0 saturated heterocycles. The van der Waals surface area contributed by atoms with Crippen molar-refractivity contribution in [3.05, 3.63) is 84.7 Å². The fourth-order valence-corrected chi connectivity index (χ4v) is 9.65. The zero-order valence-corrected chi connectivity index (χ0v) is 20.9. The van der Waals surface area contributed by atoms with Gasteiger partial charge in [-0.25, -0.2) is 4.39 Å². The summed E-state index contributed by atoms with van der Waals surface area (Å²) in [6.07, 6.45) is 6.45. The lowest BCUT2D eigenvalue weighted by Crippen LogP contribution is -2.63. The first-order valence-electron chi connectivity index (χ1n) is 12.9. The summed E-state index contributed by atoms with van der Waals surface area (Å²) in [5.74, 6) is 3.44. The summed E-state index contributed by atoms with van der Waals surface area (Å²) < 4.78 is 22.6. The van der Waals surface area contributed by atoms with Gasteiger partial charge in [0.2, 0.25) is 0 Å². The summed E-state index contributed by atoms with van der Waals surface area (Å²) in [5, 5.41) is 0. The Bertz CT molecular complexity index is 1080. The largest absolute Gasteiger partial charge is 0.483 e. The fourth-order valence-electron chi connectivity index (χ4n) is 7.55. The highest BCUT2D eigenvalue weighted by Gasteiger charge is 2.60. The maximum Gasteiger partial charge on any atom is 0.170 e. The Morgan fingerprint density at radius 1 is 0.735 bits per heavy atom. The molecule has 0 atom stereocenters. The van der Waals surface area contributed by atoms with Gasteiger partial charge in [-0.3, -0.25) is 0 Å². The lowest BCUT2D eigenvalue weighted by molar-refractivity contribution is -0.180. The molecular weight excluding hydrogens is 439 g/mol. The molecule has 7 rings (SSSR count). The van der Waals surface area contributed by atoms with Crippen LogP contribution < -0.4 is 4.74 Å². The molecule has 0 aromatic heterocycles. The Morgan fingerprint density at radius 3 is 1.74 bits per heavy atom. The lowest BCUT2D eigenvalue weighted by atomic mass is 9.47. The summed E-state index contributed by atoms with van der Waals surface area (Å²) in [4.78, 5) is 3.38. The maximum absolute atomic E-state index is 15.8. The van der Waals surface area contributed by atoms with Crippen molar-refractivity contribution >= 4 is 10.9 Å². The van der Waals surface area contributed by atoms with E-state index in [9.17, 15) is 0 Å². The van der Waals surface area contributed by atoms with Crippen molar-refractivity contribution in [1.29, 1.82) is 0 Å². The lowest BCUT2D eigenvalue weighted by Gasteiger charge is -2.62. The van der Waals surface area contributed by atoms with Crippen molar-refractivity contribution in [1.82, 2.24) is 0 Å². The van der Waals surface area contributed by atoms with Gasteiger partial charge >= 0.3 is 0 Å². The van der Waals surface area contributed by atoms with Crippen LogP contribution in [0, 0.1) is 35.4 Å². The van der Waals surface area contributed by atoms with E-state index in [0.717, 1.165) is 16.7 Å². The van der Waals surface area contributed by atoms with Crippen molar-refractivity contribution in [2.75, 3.05) is 0 Å². The quantitative estimate of drug-likeness (QED) is 0.328. The molecule has 0 N–H and O–H groups in total. The van der Waals surface area contributed by atoms with Gasteiger partial charge in [0, 0.05) is 6.07 Å². The molecule has 3 heteroatoms. The fraction of sp³-hybridized carbons (Fsp3) is 0.419. The molecule has 0 amide bonds. The Balaban J connectivity index is 1.35. The van der Waals surface area contributed by atoms with Gasteiger partial charge in [-0.1, -0.05) is 50.2 Å². The van der Waals surface area contributed by atoms with E-state index in [2.05, 4.69) is 68.4 Å². The summed E-state index contributed by atoms with van der Waals surface area (Å²) in [6.45, 7) is 4.58. The van der Waals surface area contributed by atoms with Gasteiger partial charge in [0.1, 0.15) is 5.60 Å². The summed E-state index contributed by atoms with van der Waals surface area (Å²) >= 11 is 0. The molecule has 0 unspecified atom stereocenters. The van der Waals surface area contributed by atoms with Crippen LogP contribution in [0.3, 0.4) is 0 Å². The van der Waals surface area contributed by atoms with Crippen molar-refractivity contribution in [2.24, 2.45) is 29.6 Å². The Hall–Kier alpha value is -2.26. The van der Waals surface area contributed by atoms with Gasteiger partial charge in [-0.15, -0.1) is 0 Å². The third kappa shape index (κ3) is 3.68. The van der Waals surface area contributed by atoms with E-state index in [0.29, 0.717) is 23.5 Å². The average Bonchev–Trinajstić information content (AvgIpc) is 2.84. The van der Waals surface area contributed by atoms with Crippen LogP contribution in [0.25, 0.3) is 0 Å². The molecule has 176 valence electrons. The van der Waals surface area contributed by atoms with Crippen LogP contribution in [0.4, 0.5) is 4.39 Å². The molecule has 4 fully saturated rings. The standard InChI is InChI=1S/C31H34FOS/c1-21(2)31(24-16-22-15-23(18-24)19-25(31)17-22)33-30-14-13-28(20-29(30)32)34(26-9-5-3-6-10-26)27-11-7-4-8-12-27/h3-14,20-25H,15-19H2,1-2H3/q+1. The van der Waals surface area contributed by atoms with Crippen LogP contribution in [0.2, 0.25) is 0 Å². The molecule has 0 radical (unpaired) electrons. The molecule has 4 bridgehead atoms. The number of hydrogen-bond donors (Lipinski definition) is 0. The second kappa shape index (κ2) is 8.75. The summed E-state index contributed by atoms with van der Waals surface area (Å²) in [6, 6.07) is 26.6. The monoisotopic (exact) mass is 473 g/mol. The number of rotatable bonds is 6. The minimum atomic E-state index is -0.358. The van der Waals surface area contributed by atoms with Crippen molar-refractivity contribution < 1.29 is 9.13 Å². The van der Waals surface area contributed by atoms with Crippen LogP contribution in [0.1, 0.15) is 46.0 Å². The maximum atomic E-state index is 15.8. The smallest absolute Gasteiger partial charge is 0.170 e. The number of ether oxygens (including phenoxy) is 1. The zero-order valence-electron chi connectivity index (χ0n) is 20.1. The molecular formula is C31H34FOS+. The minimum absolute atomic E-state index is 0.226. The number of benzene rings is 3. The molecule has 0 aliphatic heterocycles. The molecule has 0 heterocycles. The van der Waals surface area contributed by atoms with Crippen molar-refractivity contribution in [2.45, 2.75) is 66.2 Å². The molecule has 3 aromatic rings. The average molecular weight is 474 g/mol. The van der Waals surface area contributed by atoms with Crippen molar-refractivity contribution in [3.8, 4) is 5.75 Å². The van der Waals surface area contributed by atoms with Gasteiger partial charge < -0.3 is 4.74 Å². The minimum Gasteiger partial charge on any atom is -0.483 e. The van der Waals surface area contributed by atoms with Gasteiger partial charge in [0.05, 0.1) is 10.9 Å². The van der Waals surface area contributed by atoms with E-state index >= 15 is 4.39 Å². The third-order valence-electron chi connectivity index (χ3n) is 8.70. The van der Waals surface area contributed by atoms with Gasteiger partial charge in [0.15, 0.2) is 26.3 Å². The molecule has 4 aliphatic rings. The molecule has 1 nitrogen and oxygen atoms in total. The number of halogens is 1. The SMILES string of the molecule is CC(C)C1(Oc2ccc([S+](c3ccccc3)c3ccccc3)cc2F)C2CC3CC(C2)CC1C3. The molecule has 3 aromatic carbocycles. The van der Waals surface area contributed by atoms with Crippen LogP contribution >= 0.6 is 0 Å². The Kier molecular flexibility index (Phi) is 5.72. The van der Waals surface area contributed by atoms with Crippen LogP contribution in [-0.4, -0.2) is 5.60 Å². The summed E-state index contributed by atoms with van der Waals surface area (Å²) in [5.41, 5.74) is -0.226. The highest BCUT2D eigenvalue weighted by atomic mass is 32.2. The Labute approximate surface area is 206 Å². The second-order valence-corrected chi connectivity index (χ2v) is 13.0. The van der Waals surface area contributed by atoms with E-state index in [1.165, 1.54) is 41.9 Å². The molecule has 0 spiro atoms. The Morgan fingerprint density at radius 2 is 1.26 bits per heavy atom. The molecule has 4 aliphatic carbocycles. The van der Waals surface area contributed by atoms with E-state index in [1.807, 2.05) is 18.2 Å². The second-order valence-electron chi connectivity index (χ2n) is 10.9. The van der Waals surface area contributed by atoms with Crippen molar-refractivity contribution in [3.63, 3.8) is 0 Å². The summed E-state index contributed by atoms with van der Waals surface area (Å²) in [7, 11) is -0.358. The van der Waals surface area contributed by atoms with E-state index < -0.39 is 0 Å². The van der Waals surface area contributed by atoms with E-state index in [4.69, 9.17) is 4.74 Å². The van der Waals surface area contributed by atoms with Crippen LogP contribution in [0.5, 0.6) is 5.75 Å². The number of hydrogen-bond acceptors (Lipinski definition) is 1. The molecule has 34 heavy (non-hydrogen) atoms. The van der Waals surface area contributed by atoms with Crippen LogP contribution in [0.15, 0.2) is 93.5 Å². The normalized spacial score (nSPS) is 29.7. The van der Waals surface area contributed by atoms with Gasteiger partial charge in [-0.05, 0) is 98.1 Å². The van der Waals surface area contributed by atoms with Crippen LogP contribution in [-0.2, 0) is 10.9 Å². The first-order valence-corrected chi connectivity index (χ1v) is 14.1. The highest BCUT2D eigenvalue weighted by molar-refractivity contribution is 7.97. The van der Waals surface area contributed by atoms with E-state index in [1.54, 1.807) is 6.07 Å². The predicted octanol–water partition coefficient (Wildman–Crippen LogP) is 8.15. The van der Waals surface area contributed by atoms with Gasteiger partial charge in [0.25, 0.3) is 0 Å². The predicted molar refractivity (Wildman–Crippen MR) is 137 cm³/mol. The van der Waals surface area contributed by atoms with Gasteiger partial charge in [-0.2, -0.15) is 0 Å². The van der Waals surface area contributed by atoms with E-state index in [-0.39, 0.29) is 22.3 Å². The zero-order chi connectivity index (χ0) is 23.3. The highest BCUT2D eigenvalue weighted by Crippen LogP contribution is 2.61. The third-order valence-corrected chi connectivity index (χ3v) is 10.9. The first kappa shape index (κ1) is 22.2. The topological polar surface area (TPSA) is 9.23 Å². The molecule has 4 saturated carbocycles.